The highest BCUT2D eigenvalue weighted by Gasteiger charge is 2.35. The van der Waals surface area contributed by atoms with E-state index < -0.39 is 5.92 Å². The number of carbonyl (C=O) groups excluding carboxylic acids is 2. The summed E-state index contributed by atoms with van der Waals surface area (Å²) >= 11 is 6.20. The molecule has 2 aliphatic heterocycles. The van der Waals surface area contributed by atoms with Crippen molar-refractivity contribution in [2.45, 2.75) is 5.92 Å². The first-order chi connectivity index (χ1) is 19.4. The number of aliphatic imine (C=N–C) groups is 1. The lowest BCUT2D eigenvalue weighted by molar-refractivity contribution is -0.120. The maximum Gasteiger partial charge on any atom is 0.240 e. The van der Waals surface area contributed by atoms with Crippen LogP contribution in [-0.2, 0) is 9.59 Å². The van der Waals surface area contributed by atoms with Crippen LogP contribution in [-0.4, -0.2) is 83.5 Å². The molecule has 4 aromatic rings. The Labute approximate surface area is 237 Å². The van der Waals surface area contributed by atoms with Gasteiger partial charge in [0.1, 0.15) is 11.6 Å². The minimum atomic E-state index is -0.610. The Balaban J connectivity index is 1.30. The smallest absolute Gasteiger partial charge is 0.240 e. The van der Waals surface area contributed by atoms with Crippen LogP contribution in [0.3, 0.4) is 0 Å². The number of anilines is 2. The zero-order valence-corrected chi connectivity index (χ0v) is 23.2. The van der Waals surface area contributed by atoms with Crippen LogP contribution in [0.15, 0.2) is 78.2 Å². The quantitative estimate of drug-likeness (QED) is 0.363. The summed E-state index contributed by atoms with van der Waals surface area (Å²) in [6.07, 6.45) is 5.53. The Kier molecular flexibility index (Phi) is 7.10. The maximum absolute atomic E-state index is 13.3. The first kappa shape index (κ1) is 26.2. The van der Waals surface area contributed by atoms with E-state index in [4.69, 9.17) is 16.6 Å². The zero-order valence-electron chi connectivity index (χ0n) is 22.4. The Hall–Kier alpha value is -4.05. The lowest BCUT2D eigenvalue weighted by Gasteiger charge is -2.32. The van der Waals surface area contributed by atoms with Gasteiger partial charge in [-0.3, -0.25) is 19.5 Å². The van der Waals surface area contributed by atoms with Crippen LogP contribution in [0.4, 0.5) is 17.1 Å². The molecular formula is C30H30ClN7O2. The van der Waals surface area contributed by atoms with Crippen molar-refractivity contribution in [2.75, 3.05) is 57.0 Å². The Morgan fingerprint density at radius 2 is 1.88 bits per heavy atom. The monoisotopic (exact) mass is 555 g/mol. The number of rotatable bonds is 6. The highest BCUT2D eigenvalue weighted by molar-refractivity contribution is 6.31. The number of halogens is 1. The summed E-state index contributed by atoms with van der Waals surface area (Å²) in [6.45, 7) is 4.11. The standard InChI is InChI=1S/C30H30ClN7O2/c1-35-13-15-37(16-14-35)19-27(39)36(2)23-7-5-22(6-8-23)33-29(20-3-10-26-32-11-12-38(26)18-20)28-24-9-4-21(31)17-25(24)34-30(28)40/h3-12,17-18,28H,13-16,19H2,1-2H3,(H,34,40). The van der Waals surface area contributed by atoms with E-state index in [9.17, 15) is 9.59 Å². The van der Waals surface area contributed by atoms with Gasteiger partial charge in [0.2, 0.25) is 11.8 Å². The molecule has 2 aliphatic rings. The molecule has 4 heterocycles. The van der Waals surface area contributed by atoms with Gasteiger partial charge in [-0.25, -0.2) is 4.98 Å². The Morgan fingerprint density at radius 3 is 2.65 bits per heavy atom. The molecular weight excluding hydrogens is 526 g/mol. The summed E-state index contributed by atoms with van der Waals surface area (Å²) in [6, 6.07) is 16.8. The SMILES string of the molecule is CN1CCN(CC(=O)N(C)c2ccc(N=C(c3ccc4nccn4c3)C3C(=O)Nc4cc(Cl)ccc43)cc2)CC1. The number of carbonyl (C=O) groups is 2. The van der Waals surface area contributed by atoms with Crippen LogP contribution in [0.5, 0.6) is 0 Å². The summed E-state index contributed by atoms with van der Waals surface area (Å²) in [5.74, 6) is -0.721. The third-order valence-corrected chi connectivity index (χ3v) is 7.85. The van der Waals surface area contributed by atoms with E-state index in [1.807, 2.05) is 59.3 Å². The third kappa shape index (κ3) is 5.23. The van der Waals surface area contributed by atoms with E-state index >= 15 is 0 Å². The summed E-state index contributed by atoms with van der Waals surface area (Å²) in [4.78, 5) is 41.7. The van der Waals surface area contributed by atoms with Crippen molar-refractivity contribution >= 4 is 51.8 Å². The fraction of sp³-hybridized carbons (Fsp3) is 0.267. The number of nitrogens with zero attached hydrogens (tertiary/aromatic N) is 6. The predicted molar refractivity (Wildman–Crippen MR) is 158 cm³/mol. The van der Waals surface area contributed by atoms with Gasteiger partial charge in [-0.1, -0.05) is 17.7 Å². The van der Waals surface area contributed by atoms with Crippen molar-refractivity contribution in [3.63, 3.8) is 0 Å². The second-order valence-electron chi connectivity index (χ2n) is 10.3. The number of benzene rings is 2. The van der Waals surface area contributed by atoms with E-state index in [-0.39, 0.29) is 11.8 Å². The van der Waals surface area contributed by atoms with Gasteiger partial charge in [-0.15, -0.1) is 0 Å². The molecule has 10 heteroatoms. The molecule has 0 bridgehead atoms. The number of aromatic nitrogens is 2. The normalized spacial score (nSPS) is 18.1. The topological polar surface area (TPSA) is 85.6 Å². The molecule has 0 radical (unpaired) electrons. The number of hydrogen-bond acceptors (Lipinski definition) is 6. The van der Waals surface area contributed by atoms with Crippen LogP contribution >= 0.6 is 11.6 Å². The lowest BCUT2D eigenvalue weighted by atomic mass is 9.91. The van der Waals surface area contributed by atoms with E-state index in [0.29, 0.717) is 28.7 Å². The minimum Gasteiger partial charge on any atom is -0.325 e. The number of piperazine rings is 1. The van der Waals surface area contributed by atoms with Gasteiger partial charge in [0.25, 0.3) is 0 Å². The zero-order chi connectivity index (χ0) is 27.8. The molecule has 1 atom stereocenters. The molecule has 0 spiro atoms. The molecule has 2 amide bonds. The van der Waals surface area contributed by atoms with Crippen molar-refractivity contribution in [3.05, 3.63) is 89.3 Å². The van der Waals surface area contributed by atoms with Crippen LogP contribution in [0.1, 0.15) is 17.0 Å². The van der Waals surface area contributed by atoms with Crippen molar-refractivity contribution in [3.8, 4) is 0 Å². The highest BCUT2D eigenvalue weighted by Crippen LogP contribution is 2.38. The first-order valence-corrected chi connectivity index (χ1v) is 13.6. The van der Waals surface area contributed by atoms with Crippen molar-refractivity contribution in [1.82, 2.24) is 19.2 Å². The number of likely N-dealkylation sites (N-methyl/N-ethyl adjacent to an activating group) is 2. The van der Waals surface area contributed by atoms with E-state index in [1.54, 1.807) is 30.3 Å². The Morgan fingerprint density at radius 1 is 1.10 bits per heavy atom. The van der Waals surface area contributed by atoms with E-state index in [1.165, 1.54) is 0 Å². The van der Waals surface area contributed by atoms with Crippen LogP contribution in [0.25, 0.3) is 5.65 Å². The summed E-state index contributed by atoms with van der Waals surface area (Å²) in [5, 5.41) is 3.51. The minimum absolute atomic E-state index is 0.0491. The second-order valence-corrected chi connectivity index (χ2v) is 10.7. The van der Waals surface area contributed by atoms with Gasteiger partial charge < -0.3 is 19.5 Å². The number of pyridine rings is 1. The molecule has 2 aromatic heterocycles. The third-order valence-electron chi connectivity index (χ3n) is 7.62. The average Bonchev–Trinajstić information content (AvgIpc) is 3.55. The molecule has 1 unspecified atom stereocenters. The van der Waals surface area contributed by atoms with Crippen LogP contribution in [0, 0.1) is 0 Å². The van der Waals surface area contributed by atoms with Crippen molar-refractivity contribution < 1.29 is 9.59 Å². The van der Waals surface area contributed by atoms with E-state index in [2.05, 4.69) is 27.1 Å². The number of hydrogen-bond donors (Lipinski definition) is 1. The summed E-state index contributed by atoms with van der Waals surface area (Å²) < 4.78 is 1.91. The molecule has 40 heavy (non-hydrogen) atoms. The number of fused-ring (bicyclic) bond motifs is 2. The van der Waals surface area contributed by atoms with Gasteiger partial charge in [-0.05, 0) is 61.1 Å². The van der Waals surface area contributed by atoms with Gasteiger partial charge in [0.05, 0.1) is 17.9 Å². The molecule has 204 valence electrons. The largest absolute Gasteiger partial charge is 0.325 e. The second kappa shape index (κ2) is 10.8. The fourth-order valence-electron chi connectivity index (χ4n) is 5.21. The van der Waals surface area contributed by atoms with E-state index in [0.717, 1.165) is 48.6 Å². The molecule has 1 fully saturated rings. The molecule has 1 N–H and O–H groups in total. The van der Waals surface area contributed by atoms with Crippen LogP contribution in [0.2, 0.25) is 5.02 Å². The molecule has 6 rings (SSSR count). The lowest BCUT2D eigenvalue weighted by Crippen LogP contribution is -2.48. The molecule has 0 aliphatic carbocycles. The number of nitrogens with one attached hydrogen (secondary N) is 1. The van der Waals surface area contributed by atoms with Gasteiger partial charge in [0.15, 0.2) is 0 Å². The maximum atomic E-state index is 13.3. The van der Waals surface area contributed by atoms with Gasteiger partial charge in [0, 0.05) is 73.8 Å². The number of imidazole rings is 1. The molecule has 9 nitrogen and oxygen atoms in total. The average molecular weight is 556 g/mol. The summed E-state index contributed by atoms with van der Waals surface area (Å²) in [5.41, 5.74) is 5.20. The Bertz CT molecular complexity index is 1610. The molecule has 1 saturated heterocycles. The number of amides is 2. The molecule has 2 aromatic carbocycles. The highest BCUT2D eigenvalue weighted by atomic mass is 35.5. The van der Waals surface area contributed by atoms with Gasteiger partial charge in [-0.2, -0.15) is 0 Å². The van der Waals surface area contributed by atoms with Gasteiger partial charge >= 0.3 is 0 Å². The predicted octanol–water partition coefficient (Wildman–Crippen LogP) is 4.05. The molecule has 0 saturated carbocycles. The summed E-state index contributed by atoms with van der Waals surface area (Å²) in [7, 11) is 3.90. The first-order valence-electron chi connectivity index (χ1n) is 13.3. The fourth-order valence-corrected chi connectivity index (χ4v) is 5.38. The van der Waals surface area contributed by atoms with Crippen LogP contribution < -0.4 is 10.2 Å². The van der Waals surface area contributed by atoms with Crippen molar-refractivity contribution in [1.29, 1.82) is 0 Å². The van der Waals surface area contributed by atoms with Crippen molar-refractivity contribution in [2.24, 2.45) is 4.99 Å².